The molecule has 3 nitrogen and oxygen atoms in total. The topological polar surface area (TPSA) is 41.6 Å². The van der Waals surface area contributed by atoms with Crippen LogP contribution < -0.4 is 0 Å². The van der Waals surface area contributed by atoms with Gasteiger partial charge in [-0.3, -0.25) is 4.98 Å². The molecule has 76 valence electrons. The first-order chi connectivity index (χ1) is 7.18. The molecule has 2 heterocycles. The Hall–Kier alpha value is -1.55. The molecule has 0 aliphatic rings. The van der Waals surface area contributed by atoms with Crippen molar-refractivity contribution in [2.75, 3.05) is 0 Å². The van der Waals surface area contributed by atoms with E-state index in [0.717, 1.165) is 22.6 Å². The van der Waals surface area contributed by atoms with Crippen molar-refractivity contribution in [2.45, 2.75) is 13.8 Å². The Kier molecular flexibility index (Phi) is 2.60. The number of hydrogen-bond donors (Lipinski definition) is 1. The molecule has 2 aromatic rings. The molecule has 2 aromatic heterocycles. The average Bonchev–Trinajstić information content (AvgIpc) is 2.25. The van der Waals surface area contributed by atoms with Crippen molar-refractivity contribution in [3.05, 3.63) is 40.6 Å². The smallest absolute Gasteiger partial charge is 0.130 e. The summed E-state index contributed by atoms with van der Waals surface area (Å²) in [6.07, 6.45) is 3.47. The first kappa shape index (κ1) is 9.98. The summed E-state index contributed by atoms with van der Waals surface area (Å²) >= 11 is 5.24. The van der Waals surface area contributed by atoms with Crippen LogP contribution in [0.1, 0.15) is 11.4 Å². The highest BCUT2D eigenvalue weighted by Crippen LogP contribution is 2.17. The standard InChI is InChI=1S/C11H11N3S/c1-7-8(2)14-11(15)10(13-7)9-3-5-12-6-4-9/h3-6H,1-2H3,(H,14,15). The van der Waals surface area contributed by atoms with Gasteiger partial charge in [0, 0.05) is 23.7 Å². The summed E-state index contributed by atoms with van der Waals surface area (Å²) in [5.41, 5.74) is 3.79. The molecule has 4 heteroatoms. The lowest BCUT2D eigenvalue weighted by molar-refractivity contribution is 1.04. The Labute approximate surface area is 93.2 Å². The van der Waals surface area contributed by atoms with E-state index in [1.807, 2.05) is 26.0 Å². The molecule has 0 aliphatic heterocycles. The third-order valence-corrected chi connectivity index (χ3v) is 2.59. The summed E-state index contributed by atoms with van der Waals surface area (Å²) in [6, 6.07) is 3.81. The van der Waals surface area contributed by atoms with Gasteiger partial charge in [-0.05, 0) is 26.0 Å². The molecule has 0 aliphatic carbocycles. The van der Waals surface area contributed by atoms with Crippen molar-refractivity contribution in [2.24, 2.45) is 0 Å². The Morgan fingerprint density at radius 3 is 2.53 bits per heavy atom. The number of aryl methyl sites for hydroxylation is 2. The third-order valence-electron chi connectivity index (χ3n) is 2.29. The Morgan fingerprint density at radius 2 is 1.87 bits per heavy atom. The minimum Gasteiger partial charge on any atom is -0.347 e. The van der Waals surface area contributed by atoms with Gasteiger partial charge in [-0.2, -0.15) is 0 Å². The fourth-order valence-electron chi connectivity index (χ4n) is 1.33. The molecule has 15 heavy (non-hydrogen) atoms. The summed E-state index contributed by atoms with van der Waals surface area (Å²) < 4.78 is 0.671. The van der Waals surface area contributed by atoms with Crippen LogP contribution in [-0.4, -0.2) is 15.0 Å². The number of aromatic nitrogens is 3. The lowest BCUT2D eigenvalue weighted by atomic mass is 10.2. The van der Waals surface area contributed by atoms with Crippen molar-refractivity contribution in [3.63, 3.8) is 0 Å². The number of nitrogens with one attached hydrogen (secondary N) is 1. The number of rotatable bonds is 1. The molecule has 0 spiro atoms. The normalized spacial score (nSPS) is 10.3. The van der Waals surface area contributed by atoms with Gasteiger partial charge in [-0.15, -0.1) is 0 Å². The predicted molar refractivity (Wildman–Crippen MR) is 62.1 cm³/mol. The summed E-state index contributed by atoms with van der Waals surface area (Å²) in [6.45, 7) is 3.93. The number of aromatic amines is 1. The second-order valence-electron chi connectivity index (χ2n) is 3.36. The molecule has 0 radical (unpaired) electrons. The van der Waals surface area contributed by atoms with E-state index < -0.39 is 0 Å². The van der Waals surface area contributed by atoms with E-state index in [9.17, 15) is 0 Å². The van der Waals surface area contributed by atoms with Gasteiger partial charge in [0.05, 0.1) is 5.69 Å². The SMILES string of the molecule is Cc1nc(-c2ccncc2)c(=S)[nH]c1C. The Bertz CT molecular complexity index is 531. The van der Waals surface area contributed by atoms with Crippen LogP contribution in [0.4, 0.5) is 0 Å². The van der Waals surface area contributed by atoms with E-state index in [1.165, 1.54) is 0 Å². The van der Waals surface area contributed by atoms with Crippen LogP contribution in [0, 0.1) is 18.5 Å². The Balaban J connectivity index is 2.65. The number of H-pyrrole nitrogens is 1. The summed E-state index contributed by atoms with van der Waals surface area (Å²) in [5, 5.41) is 0. The zero-order valence-corrected chi connectivity index (χ0v) is 9.43. The van der Waals surface area contributed by atoms with Gasteiger partial charge in [-0.1, -0.05) is 12.2 Å². The van der Waals surface area contributed by atoms with Gasteiger partial charge in [0.1, 0.15) is 10.3 Å². The minimum absolute atomic E-state index is 0.671. The summed E-state index contributed by atoms with van der Waals surface area (Å²) in [7, 11) is 0. The first-order valence-corrected chi connectivity index (χ1v) is 5.07. The van der Waals surface area contributed by atoms with Crippen molar-refractivity contribution >= 4 is 12.2 Å². The quantitative estimate of drug-likeness (QED) is 0.747. The first-order valence-electron chi connectivity index (χ1n) is 4.66. The van der Waals surface area contributed by atoms with Gasteiger partial charge in [0.25, 0.3) is 0 Å². The van der Waals surface area contributed by atoms with Gasteiger partial charge in [0.15, 0.2) is 0 Å². The fourth-order valence-corrected chi connectivity index (χ4v) is 1.64. The van der Waals surface area contributed by atoms with Gasteiger partial charge < -0.3 is 4.98 Å². The van der Waals surface area contributed by atoms with Crippen LogP contribution in [0.25, 0.3) is 11.3 Å². The molecule has 0 bridgehead atoms. The van der Waals surface area contributed by atoms with Crippen LogP contribution >= 0.6 is 12.2 Å². The highest BCUT2D eigenvalue weighted by atomic mass is 32.1. The van der Waals surface area contributed by atoms with Crippen molar-refractivity contribution in [1.29, 1.82) is 0 Å². The maximum absolute atomic E-state index is 5.24. The molecule has 0 saturated carbocycles. The van der Waals surface area contributed by atoms with Gasteiger partial charge in [0.2, 0.25) is 0 Å². The monoisotopic (exact) mass is 217 g/mol. The number of nitrogens with zero attached hydrogens (tertiary/aromatic N) is 2. The molecule has 0 unspecified atom stereocenters. The van der Waals surface area contributed by atoms with Crippen LogP contribution in [0.5, 0.6) is 0 Å². The van der Waals surface area contributed by atoms with E-state index in [4.69, 9.17) is 12.2 Å². The second kappa shape index (κ2) is 3.90. The summed E-state index contributed by atoms with van der Waals surface area (Å²) in [5.74, 6) is 0. The van der Waals surface area contributed by atoms with Crippen LogP contribution in [0.15, 0.2) is 24.5 Å². The summed E-state index contributed by atoms with van der Waals surface area (Å²) in [4.78, 5) is 11.6. The number of pyridine rings is 1. The lowest BCUT2D eigenvalue weighted by Gasteiger charge is -2.04. The molecular formula is C11H11N3S. The van der Waals surface area contributed by atoms with Crippen molar-refractivity contribution in [1.82, 2.24) is 15.0 Å². The average molecular weight is 217 g/mol. The van der Waals surface area contributed by atoms with E-state index >= 15 is 0 Å². The van der Waals surface area contributed by atoms with Gasteiger partial charge >= 0.3 is 0 Å². The zero-order valence-electron chi connectivity index (χ0n) is 8.61. The van der Waals surface area contributed by atoms with E-state index in [1.54, 1.807) is 12.4 Å². The third kappa shape index (κ3) is 1.94. The van der Waals surface area contributed by atoms with Crippen LogP contribution in [0.2, 0.25) is 0 Å². The molecule has 0 saturated heterocycles. The van der Waals surface area contributed by atoms with Crippen LogP contribution in [0.3, 0.4) is 0 Å². The molecule has 0 aromatic carbocycles. The van der Waals surface area contributed by atoms with Gasteiger partial charge in [-0.25, -0.2) is 4.98 Å². The largest absolute Gasteiger partial charge is 0.347 e. The molecule has 0 fully saturated rings. The Morgan fingerprint density at radius 1 is 1.20 bits per heavy atom. The minimum atomic E-state index is 0.671. The maximum atomic E-state index is 5.24. The molecule has 2 rings (SSSR count). The van der Waals surface area contributed by atoms with E-state index in [-0.39, 0.29) is 0 Å². The molecule has 1 N–H and O–H groups in total. The lowest BCUT2D eigenvalue weighted by Crippen LogP contribution is -1.96. The molecule has 0 atom stereocenters. The van der Waals surface area contributed by atoms with Crippen LogP contribution in [-0.2, 0) is 0 Å². The second-order valence-corrected chi connectivity index (χ2v) is 3.77. The van der Waals surface area contributed by atoms with Crippen molar-refractivity contribution < 1.29 is 0 Å². The highest BCUT2D eigenvalue weighted by Gasteiger charge is 2.04. The molecule has 0 amide bonds. The maximum Gasteiger partial charge on any atom is 0.130 e. The van der Waals surface area contributed by atoms with Crippen molar-refractivity contribution in [3.8, 4) is 11.3 Å². The number of hydrogen-bond acceptors (Lipinski definition) is 3. The fraction of sp³-hybridized carbons (Fsp3) is 0.182. The highest BCUT2D eigenvalue weighted by molar-refractivity contribution is 7.71. The zero-order chi connectivity index (χ0) is 10.8. The van der Waals surface area contributed by atoms with E-state index in [2.05, 4.69) is 15.0 Å². The van der Waals surface area contributed by atoms with E-state index in [0.29, 0.717) is 4.64 Å². The molecular weight excluding hydrogens is 206 g/mol. The predicted octanol–water partition coefficient (Wildman–Crippen LogP) is 2.82.